The fraction of sp³-hybridized carbons (Fsp3) is 0.333. The van der Waals surface area contributed by atoms with Gasteiger partial charge in [-0.25, -0.2) is 4.68 Å². The van der Waals surface area contributed by atoms with Crippen molar-refractivity contribution in [2.75, 3.05) is 0 Å². The first-order chi connectivity index (χ1) is 14.3. The maximum Gasteiger partial charge on any atom is 0.233 e. The first-order valence-electron chi connectivity index (χ1n) is 10.1. The SMILES string of the molecule is c1cnn(-c2ccc(-c3ccc(OC4C[C@H]5CC[C@@H](C4)N5)nn3)c3[nH]ncc23)c1. The molecule has 5 heterocycles. The molecule has 29 heavy (non-hydrogen) atoms. The molecule has 2 aliphatic rings. The van der Waals surface area contributed by atoms with E-state index in [4.69, 9.17) is 4.74 Å². The van der Waals surface area contributed by atoms with E-state index >= 15 is 0 Å². The van der Waals surface area contributed by atoms with Gasteiger partial charge in [-0.2, -0.15) is 10.2 Å². The van der Waals surface area contributed by atoms with Crippen molar-refractivity contribution in [3.63, 3.8) is 0 Å². The smallest absolute Gasteiger partial charge is 0.233 e. The number of hydrogen-bond donors (Lipinski definition) is 2. The van der Waals surface area contributed by atoms with Crippen LogP contribution < -0.4 is 10.1 Å². The fourth-order valence-corrected chi connectivity index (χ4v) is 4.64. The molecule has 2 N–H and O–H groups in total. The van der Waals surface area contributed by atoms with Crippen molar-refractivity contribution < 1.29 is 4.74 Å². The molecule has 146 valence electrons. The Kier molecular flexibility index (Phi) is 3.83. The second-order valence-electron chi connectivity index (χ2n) is 7.85. The molecule has 1 aromatic carbocycles. The molecule has 3 aromatic heterocycles. The van der Waals surface area contributed by atoms with Crippen molar-refractivity contribution >= 4 is 10.9 Å². The van der Waals surface area contributed by atoms with Gasteiger partial charge in [-0.15, -0.1) is 10.2 Å². The van der Waals surface area contributed by atoms with E-state index in [1.807, 2.05) is 47.4 Å². The zero-order valence-electron chi connectivity index (χ0n) is 15.8. The van der Waals surface area contributed by atoms with Crippen molar-refractivity contribution in [3.05, 3.63) is 48.9 Å². The summed E-state index contributed by atoms with van der Waals surface area (Å²) < 4.78 is 7.95. The lowest BCUT2D eigenvalue weighted by Gasteiger charge is -2.28. The molecule has 1 unspecified atom stereocenters. The van der Waals surface area contributed by atoms with E-state index in [1.54, 1.807) is 6.20 Å². The van der Waals surface area contributed by atoms with Crippen LogP contribution in [0.3, 0.4) is 0 Å². The first kappa shape index (κ1) is 16.7. The van der Waals surface area contributed by atoms with Gasteiger partial charge in [-0.1, -0.05) is 0 Å². The van der Waals surface area contributed by atoms with Crippen molar-refractivity contribution in [1.82, 2.24) is 35.5 Å². The van der Waals surface area contributed by atoms with Gasteiger partial charge >= 0.3 is 0 Å². The molecule has 0 saturated carbocycles. The Morgan fingerprint density at radius 3 is 2.69 bits per heavy atom. The van der Waals surface area contributed by atoms with Crippen molar-refractivity contribution in [1.29, 1.82) is 0 Å². The Labute approximate surface area is 167 Å². The molecule has 8 heteroatoms. The van der Waals surface area contributed by atoms with Gasteiger partial charge in [-0.05, 0) is 49.9 Å². The molecule has 8 nitrogen and oxygen atoms in total. The topological polar surface area (TPSA) is 93.5 Å². The summed E-state index contributed by atoms with van der Waals surface area (Å²) >= 11 is 0. The minimum absolute atomic E-state index is 0.224. The highest BCUT2D eigenvalue weighted by Gasteiger charge is 2.34. The van der Waals surface area contributed by atoms with E-state index in [-0.39, 0.29) is 6.10 Å². The number of aromatic amines is 1. The number of H-pyrrole nitrogens is 1. The summed E-state index contributed by atoms with van der Waals surface area (Å²) in [6, 6.07) is 11.0. The number of aromatic nitrogens is 6. The molecular formula is C21H21N7O. The van der Waals surface area contributed by atoms with Crippen molar-refractivity contribution in [2.45, 2.75) is 43.9 Å². The Balaban J connectivity index is 1.27. The van der Waals surface area contributed by atoms with Crippen LogP contribution in [-0.2, 0) is 0 Å². The second-order valence-corrected chi connectivity index (χ2v) is 7.85. The van der Waals surface area contributed by atoms with E-state index in [9.17, 15) is 0 Å². The van der Waals surface area contributed by atoms with Gasteiger partial charge in [0.25, 0.3) is 0 Å². The molecule has 2 fully saturated rings. The molecule has 2 aliphatic heterocycles. The van der Waals surface area contributed by atoms with E-state index in [0.29, 0.717) is 18.0 Å². The molecule has 0 radical (unpaired) electrons. The molecule has 4 aromatic rings. The van der Waals surface area contributed by atoms with Crippen LogP contribution in [0, 0.1) is 0 Å². The van der Waals surface area contributed by atoms with Gasteiger partial charge in [0.05, 0.1) is 23.1 Å². The normalized spacial score (nSPS) is 23.5. The molecule has 0 amide bonds. The highest BCUT2D eigenvalue weighted by atomic mass is 16.5. The predicted octanol–water partition coefficient (Wildman–Crippen LogP) is 2.87. The monoisotopic (exact) mass is 387 g/mol. The number of piperidine rings is 1. The van der Waals surface area contributed by atoms with Gasteiger partial charge in [0.1, 0.15) is 6.10 Å². The number of nitrogens with zero attached hydrogens (tertiary/aromatic N) is 5. The van der Waals surface area contributed by atoms with Gasteiger partial charge in [0.15, 0.2) is 0 Å². The van der Waals surface area contributed by atoms with Crippen LogP contribution in [0.4, 0.5) is 0 Å². The summed E-state index contributed by atoms with van der Waals surface area (Å²) in [5.74, 6) is 0.592. The van der Waals surface area contributed by atoms with E-state index in [2.05, 4.69) is 30.8 Å². The maximum absolute atomic E-state index is 6.12. The number of fused-ring (bicyclic) bond motifs is 3. The van der Waals surface area contributed by atoms with E-state index < -0.39 is 0 Å². The highest BCUT2D eigenvalue weighted by molar-refractivity contribution is 5.97. The third-order valence-corrected chi connectivity index (χ3v) is 5.98. The van der Waals surface area contributed by atoms with Crippen LogP contribution in [0.25, 0.3) is 27.8 Å². The number of ether oxygens (including phenoxy) is 1. The number of hydrogen-bond acceptors (Lipinski definition) is 6. The average Bonchev–Trinajstić information content (AvgIpc) is 3.49. The molecule has 6 rings (SSSR count). The highest BCUT2D eigenvalue weighted by Crippen LogP contribution is 2.31. The van der Waals surface area contributed by atoms with Gasteiger partial charge in [0.2, 0.25) is 5.88 Å². The molecular weight excluding hydrogens is 366 g/mol. The summed E-state index contributed by atoms with van der Waals surface area (Å²) in [6.07, 6.45) is 10.3. The molecule has 3 atom stereocenters. The van der Waals surface area contributed by atoms with Crippen LogP contribution in [0.1, 0.15) is 25.7 Å². The Hall–Kier alpha value is -3.26. The standard InChI is InChI=1S/C21H21N7O/c1-8-23-28(9-1)19-6-4-16(21-17(19)12-22-27-21)18-5-7-20(26-25-18)29-15-10-13-2-3-14(11-15)24-13/h1,4-9,12-15,24H,2-3,10-11H2,(H,22,27)/t13-,14+,15?. The van der Waals surface area contributed by atoms with Crippen molar-refractivity contribution in [2.24, 2.45) is 0 Å². The fourth-order valence-electron chi connectivity index (χ4n) is 4.64. The molecule has 2 bridgehead atoms. The minimum Gasteiger partial charge on any atom is -0.473 e. The molecule has 0 aliphatic carbocycles. The lowest BCUT2D eigenvalue weighted by atomic mass is 10.0. The average molecular weight is 387 g/mol. The molecule has 0 spiro atoms. The van der Waals surface area contributed by atoms with E-state index in [0.717, 1.165) is 40.7 Å². The summed E-state index contributed by atoms with van der Waals surface area (Å²) in [4.78, 5) is 0. The van der Waals surface area contributed by atoms with Crippen LogP contribution in [0.2, 0.25) is 0 Å². The summed E-state index contributed by atoms with van der Waals surface area (Å²) in [6.45, 7) is 0. The van der Waals surface area contributed by atoms with Crippen LogP contribution >= 0.6 is 0 Å². The molecule has 2 saturated heterocycles. The maximum atomic E-state index is 6.12. The lowest BCUT2D eigenvalue weighted by Crippen LogP contribution is -2.42. The van der Waals surface area contributed by atoms with Gasteiger partial charge in [-0.3, -0.25) is 5.10 Å². The predicted molar refractivity (Wildman–Crippen MR) is 108 cm³/mol. The van der Waals surface area contributed by atoms with Crippen LogP contribution in [0.15, 0.2) is 48.9 Å². The van der Waals surface area contributed by atoms with Crippen LogP contribution in [0.5, 0.6) is 5.88 Å². The number of benzene rings is 1. The Morgan fingerprint density at radius 1 is 1.03 bits per heavy atom. The van der Waals surface area contributed by atoms with E-state index in [1.165, 1.54) is 12.8 Å². The quantitative estimate of drug-likeness (QED) is 0.559. The second kappa shape index (κ2) is 6.66. The third-order valence-electron chi connectivity index (χ3n) is 5.98. The van der Waals surface area contributed by atoms with Gasteiger partial charge < -0.3 is 10.1 Å². The number of rotatable bonds is 4. The summed E-state index contributed by atoms with van der Waals surface area (Å²) in [5, 5.41) is 25.0. The lowest BCUT2D eigenvalue weighted by molar-refractivity contribution is 0.130. The summed E-state index contributed by atoms with van der Waals surface area (Å²) in [5.41, 5.74) is 3.61. The van der Waals surface area contributed by atoms with Crippen molar-refractivity contribution in [3.8, 4) is 22.8 Å². The number of nitrogens with one attached hydrogen (secondary N) is 2. The third kappa shape index (κ3) is 2.96. The minimum atomic E-state index is 0.224. The first-order valence-corrected chi connectivity index (χ1v) is 10.1. The van der Waals surface area contributed by atoms with Gasteiger partial charge in [0, 0.05) is 41.5 Å². The summed E-state index contributed by atoms with van der Waals surface area (Å²) in [7, 11) is 0. The zero-order valence-corrected chi connectivity index (χ0v) is 15.8. The Bertz CT molecular complexity index is 1120. The largest absolute Gasteiger partial charge is 0.473 e. The zero-order chi connectivity index (χ0) is 19.2. The van der Waals surface area contributed by atoms with Crippen LogP contribution in [-0.4, -0.2) is 48.4 Å². The Morgan fingerprint density at radius 2 is 1.93 bits per heavy atom.